The van der Waals surface area contributed by atoms with Gasteiger partial charge in [0.25, 0.3) is 0 Å². The van der Waals surface area contributed by atoms with Crippen molar-refractivity contribution in [3.8, 4) is 5.75 Å². The summed E-state index contributed by atoms with van der Waals surface area (Å²) in [6.45, 7) is 1.81. The predicted octanol–water partition coefficient (Wildman–Crippen LogP) is 2.30. The van der Waals surface area contributed by atoms with Crippen LogP contribution in [0.5, 0.6) is 5.75 Å². The van der Waals surface area contributed by atoms with Gasteiger partial charge >= 0.3 is 126 Å². The summed E-state index contributed by atoms with van der Waals surface area (Å²) in [5, 5.41) is 0.738. The second kappa shape index (κ2) is 5.13. The summed E-state index contributed by atoms with van der Waals surface area (Å²) in [5.74, 6) is 0.0808. The van der Waals surface area contributed by atoms with Crippen molar-refractivity contribution in [3.05, 3.63) is 32.8 Å². The maximum absolute atomic E-state index is 11.1. The molecule has 0 aliphatic heterocycles. The summed E-state index contributed by atoms with van der Waals surface area (Å²) in [6.07, 6.45) is 1.54. The summed E-state index contributed by atoms with van der Waals surface area (Å²) < 4.78 is 35.3. The second-order valence-corrected chi connectivity index (χ2v) is 8.47. The molecule has 1 heterocycles. The van der Waals surface area contributed by atoms with Gasteiger partial charge in [-0.15, -0.1) is 0 Å². The first-order valence-electron chi connectivity index (χ1n) is 4.78. The maximum atomic E-state index is 11.1. The van der Waals surface area contributed by atoms with Gasteiger partial charge in [-0.05, 0) is 0 Å². The Hall–Kier alpha value is -0.0718. The van der Waals surface area contributed by atoms with Crippen LogP contribution in [0.2, 0.25) is 0 Å². The number of nitrogens with zero attached hydrogens (tertiary/aromatic N) is 1. The van der Waals surface area contributed by atoms with Crippen LogP contribution in [0.25, 0.3) is 10.9 Å². The van der Waals surface area contributed by atoms with Crippen molar-refractivity contribution < 1.29 is 12.8 Å². The van der Waals surface area contributed by atoms with Crippen molar-refractivity contribution in [1.82, 2.24) is 4.98 Å². The number of aromatic nitrogens is 1. The molecule has 2 rings (SSSR count). The number of rotatable bonds is 2. The Labute approximate surface area is 125 Å². The molecule has 0 bridgehead atoms. The van der Waals surface area contributed by atoms with E-state index in [0.717, 1.165) is 15.4 Å². The van der Waals surface area contributed by atoms with Crippen molar-refractivity contribution in [2.75, 3.05) is 0 Å². The van der Waals surface area contributed by atoms with Crippen molar-refractivity contribution >= 4 is 62.8 Å². The van der Waals surface area contributed by atoms with E-state index in [2.05, 4.69) is 36.8 Å². The van der Waals surface area contributed by atoms with Gasteiger partial charge in [-0.1, -0.05) is 0 Å². The van der Waals surface area contributed by atoms with Crippen LogP contribution in [-0.4, -0.2) is 31.8 Å². The fourth-order valence-corrected chi connectivity index (χ4v) is 4.35. The topological polar surface area (TPSA) is 79.7 Å². The molecule has 0 saturated carbocycles. The number of pyridine rings is 1. The minimum absolute atomic E-state index is 0.0808. The van der Waals surface area contributed by atoms with Crippen LogP contribution in [0, 0.1) is 6.92 Å². The number of halogens is 2. The van der Waals surface area contributed by atoms with Gasteiger partial charge in [-0.2, -0.15) is 0 Å². The first-order chi connectivity index (χ1) is 8.31. The van der Waals surface area contributed by atoms with Crippen molar-refractivity contribution in [2.24, 2.45) is 0 Å². The molecule has 5 nitrogen and oxygen atoms in total. The Morgan fingerprint density at radius 3 is 2.61 bits per heavy atom. The molecule has 0 spiro atoms. The molecule has 0 atom stereocenters. The number of hydrogen-bond donors (Lipinski definition) is 2. The monoisotopic (exact) mass is 485 g/mol. The SMILES string of the molecule is Cc1c(Br)c([O][Sb](=[O])([OH])[OH])c2ncccc2c1Br. The van der Waals surface area contributed by atoms with Crippen LogP contribution < -0.4 is 3.02 Å². The summed E-state index contributed by atoms with van der Waals surface area (Å²) >= 11 is 1.17. The van der Waals surface area contributed by atoms with E-state index in [0.29, 0.717) is 9.99 Å². The zero-order valence-corrected chi connectivity index (χ0v) is 14.8. The molecular weight excluding hydrogens is 480 g/mol. The Kier molecular flexibility index (Phi) is 4.09. The van der Waals surface area contributed by atoms with Crippen LogP contribution in [0.15, 0.2) is 27.3 Å². The second-order valence-electron chi connectivity index (χ2n) is 3.56. The van der Waals surface area contributed by atoms with Gasteiger partial charge < -0.3 is 0 Å². The quantitative estimate of drug-likeness (QED) is 0.636. The van der Waals surface area contributed by atoms with Gasteiger partial charge in [0.2, 0.25) is 0 Å². The van der Waals surface area contributed by atoms with Crippen LogP contribution in [0.4, 0.5) is 0 Å². The van der Waals surface area contributed by atoms with Crippen molar-refractivity contribution in [2.45, 2.75) is 6.92 Å². The normalized spacial score (nSPS) is 11.8. The summed E-state index contributed by atoms with van der Waals surface area (Å²) in [5.41, 5.74) is 1.19. The molecule has 1 aromatic carbocycles. The Balaban J connectivity index is 2.83. The van der Waals surface area contributed by atoms with Gasteiger partial charge in [-0.3, -0.25) is 0 Å². The average molecular weight is 488 g/mol. The van der Waals surface area contributed by atoms with Gasteiger partial charge in [-0.25, -0.2) is 0 Å². The van der Waals surface area contributed by atoms with Crippen molar-refractivity contribution in [3.63, 3.8) is 0 Å². The fourth-order valence-electron chi connectivity index (χ4n) is 1.54. The Bertz CT molecular complexity index is 670. The van der Waals surface area contributed by atoms with Gasteiger partial charge in [0.05, 0.1) is 0 Å². The summed E-state index contributed by atoms with van der Waals surface area (Å²) in [6, 6.07) is 3.55. The summed E-state index contributed by atoms with van der Waals surface area (Å²) in [7, 11) is 0. The third kappa shape index (κ3) is 2.75. The van der Waals surface area contributed by atoms with E-state index < -0.39 is 20.1 Å². The zero-order valence-electron chi connectivity index (χ0n) is 9.09. The fraction of sp³-hybridized carbons (Fsp3) is 0.100. The molecule has 0 radical (unpaired) electrons. The number of benzene rings is 1. The first-order valence-corrected chi connectivity index (χ1v) is 10.7. The molecular formula is C10H8Br2NO4Sb. The third-order valence-electron chi connectivity index (χ3n) is 2.33. The summed E-state index contributed by atoms with van der Waals surface area (Å²) in [4.78, 5) is 4.11. The molecule has 2 aromatic rings. The van der Waals surface area contributed by atoms with E-state index in [9.17, 15) is 3.02 Å². The Morgan fingerprint density at radius 1 is 1.33 bits per heavy atom. The van der Waals surface area contributed by atoms with Crippen LogP contribution in [0.1, 0.15) is 5.56 Å². The van der Waals surface area contributed by atoms with Crippen LogP contribution in [-0.2, 0) is 3.02 Å². The Morgan fingerprint density at radius 2 is 2.00 bits per heavy atom. The molecule has 18 heavy (non-hydrogen) atoms. The third-order valence-corrected chi connectivity index (χ3v) is 5.50. The molecule has 0 amide bonds. The van der Waals surface area contributed by atoms with Crippen LogP contribution >= 0.6 is 31.9 Å². The standard InChI is InChI=1S/C10H7Br2NO.2H2O.O.Sb/c1-5-7(11)6-3-2-4-13-9(6)10(14)8(5)12;;;;/h2-4,14H,1H3;2*1H2;;/q;;;;+3/p-3. The van der Waals surface area contributed by atoms with Gasteiger partial charge in [0, 0.05) is 0 Å². The molecule has 1 aromatic heterocycles. The molecule has 2 N–H and O–H groups in total. The average Bonchev–Trinajstić information content (AvgIpc) is 2.31. The molecule has 0 fully saturated rings. The molecule has 96 valence electrons. The number of hydrogen-bond acceptors (Lipinski definition) is 3. The zero-order chi connectivity index (χ0) is 13.5. The molecule has 0 unspecified atom stereocenters. The minimum atomic E-state index is -5.55. The molecule has 0 aliphatic carbocycles. The van der Waals surface area contributed by atoms with E-state index in [1.807, 2.05) is 6.92 Å². The van der Waals surface area contributed by atoms with E-state index >= 15 is 0 Å². The first kappa shape index (κ1) is 14.3. The predicted molar refractivity (Wildman–Crippen MR) is 73.4 cm³/mol. The number of fused-ring (bicyclic) bond motifs is 1. The van der Waals surface area contributed by atoms with E-state index in [4.69, 9.17) is 9.79 Å². The van der Waals surface area contributed by atoms with E-state index in [1.54, 1.807) is 18.3 Å². The van der Waals surface area contributed by atoms with Crippen molar-refractivity contribution in [1.29, 1.82) is 0 Å². The van der Waals surface area contributed by atoms with Crippen LogP contribution in [0.3, 0.4) is 0 Å². The van der Waals surface area contributed by atoms with E-state index in [-0.39, 0.29) is 5.75 Å². The molecule has 0 aliphatic rings. The van der Waals surface area contributed by atoms with Gasteiger partial charge in [0.1, 0.15) is 0 Å². The van der Waals surface area contributed by atoms with E-state index in [1.165, 1.54) is 0 Å². The van der Waals surface area contributed by atoms with Gasteiger partial charge in [0.15, 0.2) is 0 Å². The molecule has 0 saturated heterocycles. The molecule has 8 heteroatoms.